The molecule has 0 atom stereocenters. The van der Waals surface area contributed by atoms with Crippen molar-refractivity contribution in [1.82, 2.24) is 19.9 Å². The lowest BCUT2D eigenvalue weighted by Crippen LogP contribution is -2.16. The monoisotopic (exact) mass is 260 g/mol. The summed E-state index contributed by atoms with van der Waals surface area (Å²) in [6.07, 6.45) is 4.29. The van der Waals surface area contributed by atoms with E-state index in [1.807, 2.05) is 12.1 Å². The van der Waals surface area contributed by atoms with Crippen molar-refractivity contribution in [1.29, 1.82) is 0 Å². The molecule has 2 N–H and O–H groups in total. The maximum Gasteiger partial charge on any atom is 0.212 e. The number of hydrogen-bond acceptors (Lipinski definition) is 6. The highest BCUT2D eigenvalue weighted by molar-refractivity contribution is 7.99. The second-order valence-electron chi connectivity index (χ2n) is 3.85. The highest BCUT2D eigenvalue weighted by Crippen LogP contribution is 2.26. The van der Waals surface area contributed by atoms with Crippen molar-refractivity contribution in [3.63, 3.8) is 0 Å². The maximum absolute atomic E-state index is 5.56. The van der Waals surface area contributed by atoms with Gasteiger partial charge >= 0.3 is 0 Å². The van der Waals surface area contributed by atoms with E-state index in [-0.39, 0.29) is 0 Å². The molecule has 7 heteroatoms. The average molecular weight is 260 g/mol. The molecule has 0 aliphatic carbocycles. The van der Waals surface area contributed by atoms with Gasteiger partial charge in [-0.1, -0.05) is 11.8 Å². The number of aromatic nitrogens is 4. The second kappa shape index (κ2) is 4.87. The van der Waals surface area contributed by atoms with Crippen LogP contribution in [0.5, 0.6) is 0 Å². The molecule has 0 radical (unpaired) electrons. The standard InChI is InChI=1S/C11H12N6S/c12-4-3-9-7-18-11-15-14-10(17(11)16-9)8-2-1-5-13-6-8/h1-2,5-6H,3-4,7,12H2. The van der Waals surface area contributed by atoms with E-state index in [9.17, 15) is 0 Å². The first-order valence-corrected chi connectivity index (χ1v) is 6.62. The fraction of sp³-hybridized carbons (Fsp3) is 0.273. The minimum Gasteiger partial charge on any atom is -0.330 e. The first kappa shape index (κ1) is 11.4. The largest absolute Gasteiger partial charge is 0.330 e. The van der Waals surface area contributed by atoms with Crippen LogP contribution >= 0.6 is 11.8 Å². The van der Waals surface area contributed by atoms with Gasteiger partial charge in [-0.2, -0.15) is 9.78 Å². The van der Waals surface area contributed by atoms with Gasteiger partial charge in [0.1, 0.15) is 0 Å². The van der Waals surface area contributed by atoms with E-state index in [0.717, 1.165) is 34.4 Å². The lowest BCUT2D eigenvalue weighted by atomic mass is 10.3. The first-order valence-electron chi connectivity index (χ1n) is 5.64. The number of nitrogens with two attached hydrogens (primary N) is 1. The van der Waals surface area contributed by atoms with Crippen LogP contribution in [0.3, 0.4) is 0 Å². The molecular formula is C11H12N6S. The van der Waals surface area contributed by atoms with Gasteiger partial charge in [0.05, 0.1) is 5.71 Å². The summed E-state index contributed by atoms with van der Waals surface area (Å²) in [4.78, 5) is 4.09. The molecular weight excluding hydrogens is 248 g/mol. The highest BCUT2D eigenvalue weighted by atomic mass is 32.2. The zero-order valence-corrected chi connectivity index (χ0v) is 10.5. The van der Waals surface area contributed by atoms with E-state index >= 15 is 0 Å². The first-order chi connectivity index (χ1) is 8.88. The number of pyridine rings is 1. The number of rotatable bonds is 3. The molecule has 0 aromatic carbocycles. The SMILES string of the molecule is NCCC1=Nn2c(nnc2-c2cccnc2)SC1. The van der Waals surface area contributed by atoms with E-state index in [4.69, 9.17) is 5.73 Å². The zero-order valence-electron chi connectivity index (χ0n) is 9.65. The van der Waals surface area contributed by atoms with E-state index in [1.165, 1.54) is 0 Å². The normalized spacial score (nSPS) is 14.2. The Morgan fingerprint density at radius 2 is 2.33 bits per heavy atom. The van der Waals surface area contributed by atoms with Gasteiger partial charge in [0.25, 0.3) is 0 Å². The number of nitrogens with zero attached hydrogens (tertiary/aromatic N) is 5. The van der Waals surface area contributed by atoms with Crippen LogP contribution in [0.2, 0.25) is 0 Å². The maximum atomic E-state index is 5.56. The molecule has 6 nitrogen and oxygen atoms in total. The summed E-state index contributed by atoms with van der Waals surface area (Å²) in [6, 6.07) is 3.82. The molecule has 0 saturated carbocycles. The van der Waals surface area contributed by atoms with Crippen LogP contribution in [0.4, 0.5) is 0 Å². The van der Waals surface area contributed by atoms with Gasteiger partial charge in [-0.15, -0.1) is 10.2 Å². The lowest BCUT2D eigenvalue weighted by Gasteiger charge is -2.12. The van der Waals surface area contributed by atoms with Crippen LogP contribution in [-0.4, -0.2) is 37.9 Å². The molecule has 1 aliphatic rings. The van der Waals surface area contributed by atoms with Crippen LogP contribution in [0.25, 0.3) is 11.4 Å². The summed E-state index contributed by atoms with van der Waals surface area (Å²) in [7, 11) is 0. The molecule has 18 heavy (non-hydrogen) atoms. The minimum absolute atomic E-state index is 0.610. The van der Waals surface area contributed by atoms with Crippen molar-refractivity contribution in [2.24, 2.45) is 10.8 Å². The van der Waals surface area contributed by atoms with Gasteiger partial charge < -0.3 is 5.73 Å². The van der Waals surface area contributed by atoms with Crippen molar-refractivity contribution in [2.75, 3.05) is 12.3 Å². The Hall–Kier alpha value is -1.73. The molecule has 1 aliphatic heterocycles. The smallest absolute Gasteiger partial charge is 0.212 e. The second-order valence-corrected chi connectivity index (χ2v) is 4.80. The Kier molecular flexibility index (Phi) is 3.07. The summed E-state index contributed by atoms with van der Waals surface area (Å²) in [6.45, 7) is 0.610. The summed E-state index contributed by atoms with van der Waals surface area (Å²) in [5, 5.41) is 13.7. The third-order valence-corrected chi connectivity index (χ3v) is 3.56. The molecule has 0 bridgehead atoms. The summed E-state index contributed by atoms with van der Waals surface area (Å²) >= 11 is 1.63. The fourth-order valence-electron chi connectivity index (χ4n) is 1.73. The van der Waals surface area contributed by atoms with Crippen LogP contribution in [0.1, 0.15) is 6.42 Å². The molecule has 2 aromatic rings. The average Bonchev–Trinajstić information content (AvgIpc) is 2.83. The topological polar surface area (TPSA) is 82.0 Å². The zero-order chi connectivity index (χ0) is 12.4. The fourth-order valence-corrected chi connectivity index (χ4v) is 2.57. The van der Waals surface area contributed by atoms with Crippen LogP contribution in [-0.2, 0) is 0 Å². The molecule has 0 unspecified atom stereocenters. The predicted octanol–water partition coefficient (Wildman–Crippen LogP) is 0.999. The van der Waals surface area contributed by atoms with E-state index in [2.05, 4.69) is 20.3 Å². The van der Waals surface area contributed by atoms with Crippen LogP contribution in [0.15, 0.2) is 34.8 Å². The van der Waals surface area contributed by atoms with E-state index in [1.54, 1.807) is 28.8 Å². The number of thioether (sulfide) groups is 1. The summed E-state index contributed by atoms with van der Waals surface area (Å²) < 4.78 is 1.77. The molecule has 92 valence electrons. The Morgan fingerprint density at radius 3 is 3.11 bits per heavy atom. The molecule has 3 rings (SSSR count). The van der Waals surface area contributed by atoms with Crippen molar-refractivity contribution in [3.8, 4) is 11.4 Å². The molecule has 0 spiro atoms. The Balaban J connectivity index is 2.03. The van der Waals surface area contributed by atoms with Crippen molar-refractivity contribution < 1.29 is 0 Å². The Bertz CT molecular complexity index is 576. The third-order valence-electron chi connectivity index (χ3n) is 2.57. The van der Waals surface area contributed by atoms with Gasteiger partial charge in [-0.25, -0.2) is 0 Å². The number of fused-ring (bicyclic) bond motifs is 1. The number of hydrogen-bond donors (Lipinski definition) is 1. The van der Waals surface area contributed by atoms with E-state index < -0.39 is 0 Å². The Labute approximate surface area is 108 Å². The van der Waals surface area contributed by atoms with Gasteiger partial charge in [0.2, 0.25) is 5.16 Å². The predicted molar refractivity (Wildman–Crippen MR) is 70.5 cm³/mol. The van der Waals surface area contributed by atoms with Gasteiger partial charge in [0.15, 0.2) is 5.82 Å². The molecule has 0 saturated heterocycles. The molecule has 3 heterocycles. The Morgan fingerprint density at radius 1 is 1.39 bits per heavy atom. The third kappa shape index (κ3) is 2.02. The summed E-state index contributed by atoms with van der Waals surface area (Å²) in [5.74, 6) is 1.56. The van der Waals surface area contributed by atoms with Crippen molar-refractivity contribution in [2.45, 2.75) is 11.6 Å². The molecule has 0 fully saturated rings. The summed E-state index contributed by atoms with van der Waals surface area (Å²) in [5.41, 5.74) is 7.54. The molecule has 2 aromatic heterocycles. The van der Waals surface area contributed by atoms with Crippen LogP contribution in [0, 0.1) is 0 Å². The minimum atomic E-state index is 0.610. The lowest BCUT2D eigenvalue weighted by molar-refractivity contribution is 0.754. The molecule has 0 amide bonds. The van der Waals surface area contributed by atoms with E-state index in [0.29, 0.717) is 6.54 Å². The van der Waals surface area contributed by atoms with Crippen molar-refractivity contribution in [3.05, 3.63) is 24.5 Å². The highest BCUT2D eigenvalue weighted by Gasteiger charge is 2.19. The van der Waals surface area contributed by atoms with Gasteiger partial charge in [0, 0.05) is 30.1 Å². The quantitative estimate of drug-likeness (QED) is 0.890. The van der Waals surface area contributed by atoms with Gasteiger partial charge in [-0.05, 0) is 18.7 Å². The van der Waals surface area contributed by atoms with Crippen LogP contribution < -0.4 is 5.73 Å². The van der Waals surface area contributed by atoms with Gasteiger partial charge in [-0.3, -0.25) is 4.98 Å². The van der Waals surface area contributed by atoms with Crippen molar-refractivity contribution >= 4 is 17.5 Å².